The third kappa shape index (κ3) is 3.27. The summed E-state index contributed by atoms with van der Waals surface area (Å²) in [6, 6.07) is -0.0196. The summed E-state index contributed by atoms with van der Waals surface area (Å²) in [7, 11) is -1.76. The normalized spacial score (nSPS) is 13.9. The second-order valence-corrected chi connectivity index (χ2v) is 5.99. The topological polar surface area (TPSA) is 90.0 Å². The molecule has 0 spiro atoms. The van der Waals surface area contributed by atoms with Gasteiger partial charge in [-0.3, -0.25) is 4.68 Å². The summed E-state index contributed by atoms with van der Waals surface area (Å²) >= 11 is 0. The maximum absolute atomic E-state index is 12.1. The zero-order chi connectivity index (χ0) is 13.2. The zero-order valence-electron chi connectivity index (χ0n) is 10.7. The fourth-order valence-electron chi connectivity index (χ4n) is 1.64. The predicted octanol–water partition coefficient (Wildman–Crippen LogP) is 0.0525. The molecule has 7 heteroatoms. The van der Waals surface area contributed by atoms with Crippen molar-refractivity contribution in [1.29, 1.82) is 0 Å². The van der Waals surface area contributed by atoms with Crippen LogP contribution in [0.4, 0.5) is 0 Å². The summed E-state index contributed by atoms with van der Waals surface area (Å²) in [4.78, 5) is 0.268. The lowest BCUT2D eigenvalue weighted by Gasteiger charge is -2.08. The van der Waals surface area contributed by atoms with Gasteiger partial charge >= 0.3 is 0 Å². The molecule has 1 unspecified atom stereocenters. The molecule has 0 aliphatic rings. The van der Waals surface area contributed by atoms with Crippen molar-refractivity contribution in [3.05, 3.63) is 11.4 Å². The first-order valence-corrected chi connectivity index (χ1v) is 6.99. The molecule has 1 aromatic heterocycles. The molecule has 0 aliphatic heterocycles. The Labute approximate surface area is 102 Å². The molecule has 0 aromatic carbocycles. The number of hydrogen-bond donors (Lipinski definition) is 2. The van der Waals surface area contributed by atoms with Gasteiger partial charge in [0.15, 0.2) is 0 Å². The molecule has 1 atom stereocenters. The number of hydrogen-bond acceptors (Lipinski definition) is 4. The minimum Gasteiger partial charge on any atom is -0.328 e. The molecule has 1 rings (SSSR count). The first kappa shape index (κ1) is 14.1. The van der Waals surface area contributed by atoms with E-state index in [0.717, 1.165) is 0 Å². The van der Waals surface area contributed by atoms with E-state index in [-0.39, 0.29) is 10.9 Å². The molecule has 1 aromatic rings. The Hall–Kier alpha value is -0.920. The lowest BCUT2D eigenvalue weighted by atomic mass is 10.3. The van der Waals surface area contributed by atoms with E-state index in [4.69, 9.17) is 5.73 Å². The van der Waals surface area contributed by atoms with E-state index in [1.54, 1.807) is 25.6 Å². The largest absolute Gasteiger partial charge is 0.328 e. The van der Waals surface area contributed by atoms with Crippen LogP contribution in [0.15, 0.2) is 4.90 Å². The minimum atomic E-state index is -3.49. The van der Waals surface area contributed by atoms with Gasteiger partial charge in [-0.05, 0) is 27.2 Å². The Kier molecular flexibility index (Phi) is 4.29. The van der Waals surface area contributed by atoms with Crippen molar-refractivity contribution in [3.8, 4) is 0 Å². The van der Waals surface area contributed by atoms with Crippen LogP contribution in [0.1, 0.15) is 24.7 Å². The van der Waals surface area contributed by atoms with Crippen LogP contribution < -0.4 is 10.5 Å². The van der Waals surface area contributed by atoms with E-state index < -0.39 is 10.0 Å². The molecule has 0 saturated carbocycles. The molecular weight excluding hydrogens is 240 g/mol. The van der Waals surface area contributed by atoms with Crippen LogP contribution in [0.5, 0.6) is 0 Å². The van der Waals surface area contributed by atoms with E-state index in [1.807, 2.05) is 6.92 Å². The number of nitrogens with one attached hydrogen (secondary N) is 1. The van der Waals surface area contributed by atoms with E-state index in [0.29, 0.717) is 24.4 Å². The molecule has 0 aliphatic carbocycles. The third-order valence-electron chi connectivity index (χ3n) is 2.60. The molecule has 0 fully saturated rings. The van der Waals surface area contributed by atoms with E-state index in [2.05, 4.69) is 9.82 Å². The number of aryl methyl sites for hydroxylation is 2. The van der Waals surface area contributed by atoms with Crippen molar-refractivity contribution in [2.75, 3.05) is 6.54 Å². The Bertz CT molecular complexity index is 491. The first-order chi connectivity index (χ1) is 7.75. The maximum Gasteiger partial charge on any atom is 0.244 e. The Morgan fingerprint density at radius 1 is 1.47 bits per heavy atom. The van der Waals surface area contributed by atoms with Gasteiger partial charge in [0.25, 0.3) is 0 Å². The molecule has 0 radical (unpaired) electrons. The lowest BCUT2D eigenvalue weighted by molar-refractivity contribution is 0.570. The fourth-order valence-corrected chi connectivity index (χ4v) is 3.12. The van der Waals surface area contributed by atoms with Gasteiger partial charge in [-0.25, -0.2) is 13.1 Å². The van der Waals surface area contributed by atoms with Crippen LogP contribution in [0.25, 0.3) is 0 Å². The smallest absolute Gasteiger partial charge is 0.244 e. The zero-order valence-corrected chi connectivity index (χ0v) is 11.5. The predicted molar refractivity (Wildman–Crippen MR) is 66.1 cm³/mol. The molecule has 0 bridgehead atoms. The molecule has 98 valence electrons. The van der Waals surface area contributed by atoms with Gasteiger partial charge in [-0.15, -0.1) is 0 Å². The monoisotopic (exact) mass is 260 g/mol. The number of nitrogens with two attached hydrogens (primary N) is 1. The van der Waals surface area contributed by atoms with Gasteiger partial charge in [0.05, 0.1) is 11.4 Å². The van der Waals surface area contributed by atoms with Crippen LogP contribution in [0, 0.1) is 13.8 Å². The van der Waals surface area contributed by atoms with Gasteiger partial charge in [0, 0.05) is 19.6 Å². The summed E-state index contributed by atoms with van der Waals surface area (Å²) in [5.74, 6) is 0. The summed E-state index contributed by atoms with van der Waals surface area (Å²) in [5, 5.41) is 4.09. The first-order valence-electron chi connectivity index (χ1n) is 5.51. The fraction of sp³-hybridized carbons (Fsp3) is 0.700. The van der Waals surface area contributed by atoms with Gasteiger partial charge < -0.3 is 5.73 Å². The van der Waals surface area contributed by atoms with Gasteiger partial charge in [0.1, 0.15) is 4.90 Å². The van der Waals surface area contributed by atoms with Gasteiger partial charge in [-0.1, -0.05) is 0 Å². The molecule has 6 nitrogen and oxygen atoms in total. The van der Waals surface area contributed by atoms with E-state index in [9.17, 15) is 8.42 Å². The van der Waals surface area contributed by atoms with Gasteiger partial charge in [0.2, 0.25) is 10.0 Å². The highest BCUT2D eigenvalue weighted by molar-refractivity contribution is 7.89. The van der Waals surface area contributed by atoms with Crippen molar-refractivity contribution in [3.63, 3.8) is 0 Å². The highest BCUT2D eigenvalue weighted by Gasteiger charge is 2.23. The summed E-state index contributed by atoms with van der Waals surface area (Å²) in [5.41, 5.74) is 6.72. The number of sulfonamides is 1. The molecule has 3 N–H and O–H groups in total. The summed E-state index contributed by atoms with van der Waals surface area (Å²) in [6.07, 6.45) is 0.609. The van der Waals surface area contributed by atoms with E-state index >= 15 is 0 Å². The van der Waals surface area contributed by atoms with Crippen molar-refractivity contribution in [2.45, 2.75) is 38.1 Å². The standard InChI is InChI=1S/C10H20N4O2S/c1-7(11)5-6-12-17(15,16)10-8(2)13-14(4)9(10)3/h7,12H,5-6,11H2,1-4H3. The molecule has 0 saturated heterocycles. The Morgan fingerprint density at radius 2 is 2.06 bits per heavy atom. The van der Waals surface area contributed by atoms with Crippen LogP contribution in [-0.2, 0) is 17.1 Å². The van der Waals surface area contributed by atoms with Crippen molar-refractivity contribution >= 4 is 10.0 Å². The lowest BCUT2D eigenvalue weighted by Crippen LogP contribution is -2.29. The van der Waals surface area contributed by atoms with Crippen LogP contribution in [-0.4, -0.2) is 30.8 Å². The molecule has 1 heterocycles. The SMILES string of the molecule is Cc1nn(C)c(C)c1S(=O)(=O)NCCC(C)N. The second kappa shape index (κ2) is 5.16. The van der Waals surface area contributed by atoms with Crippen molar-refractivity contribution in [2.24, 2.45) is 12.8 Å². The average Bonchev–Trinajstić information content (AvgIpc) is 2.40. The van der Waals surface area contributed by atoms with Crippen molar-refractivity contribution < 1.29 is 8.42 Å². The number of aromatic nitrogens is 2. The molecular formula is C10H20N4O2S. The van der Waals surface area contributed by atoms with Crippen molar-refractivity contribution in [1.82, 2.24) is 14.5 Å². The summed E-state index contributed by atoms with van der Waals surface area (Å²) < 4.78 is 28.2. The van der Waals surface area contributed by atoms with Crippen LogP contribution in [0.3, 0.4) is 0 Å². The van der Waals surface area contributed by atoms with Crippen LogP contribution >= 0.6 is 0 Å². The Balaban J connectivity index is 2.90. The quantitative estimate of drug-likeness (QED) is 0.783. The highest BCUT2D eigenvalue weighted by Crippen LogP contribution is 2.17. The van der Waals surface area contributed by atoms with E-state index in [1.165, 1.54) is 0 Å². The summed E-state index contributed by atoms with van der Waals surface area (Å²) in [6.45, 7) is 5.61. The Morgan fingerprint density at radius 3 is 2.47 bits per heavy atom. The molecule has 0 amide bonds. The number of rotatable bonds is 5. The molecule has 17 heavy (non-hydrogen) atoms. The maximum atomic E-state index is 12.1. The highest BCUT2D eigenvalue weighted by atomic mass is 32.2. The average molecular weight is 260 g/mol. The third-order valence-corrected chi connectivity index (χ3v) is 4.32. The number of nitrogens with zero attached hydrogens (tertiary/aromatic N) is 2. The van der Waals surface area contributed by atoms with Gasteiger partial charge in [-0.2, -0.15) is 5.10 Å². The second-order valence-electron chi connectivity index (χ2n) is 4.29. The minimum absolute atomic E-state index is 0.0196. The van der Waals surface area contributed by atoms with Crippen LogP contribution in [0.2, 0.25) is 0 Å².